The van der Waals surface area contributed by atoms with Crippen LogP contribution in [0.25, 0.3) is 0 Å². The zero-order valence-corrected chi connectivity index (χ0v) is 11.8. The van der Waals surface area contributed by atoms with Crippen molar-refractivity contribution in [1.82, 2.24) is 0 Å². The van der Waals surface area contributed by atoms with E-state index in [1.807, 2.05) is 11.8 Å². The topological polar surface area (TPSA) is 46.3 Å². The molecular formula is C14H21ClN2O. The third kappa shape index (κ3) is 2.52. The van der Waals surface area contributed by atoms with Crippen LogP contribution in [0, 0.1) is 0 Å². The van der Waals surface area contributed by atoms with Crippen LogP contribution in [0.15, 0.2) is 18.2 Å². The predicted molar refractivity (Wildman–Crippen MR) is 77.4 cm³/mol. The zero-order chi connectivity index (χ0) is 12.4. The monoisotopic (exact) mass is 268 g/mol. The first-order valence-corrected chi connectivity index (χ1v) is 6.36. The number of carbonyl (C=O) groups is 1. The van der Waals surface area contributed by atoms with Gasteiger partial charge in [0.2, 0.25) is 5.91 Å². The molecule has 0 bridgehead atoms. The Hall–Kier alpha value is -1.06. The molecule has 4 heteroatoms. The van der Waals surface area contributed by atoms with Crippen LogP contribution in [0.1, 0.15) is 31.4 Å². The fraction of sp³-hybridized carbons (Fsp3) is 0.500. The van der Waals surface area contributed by atoms with Crippen LogP contribution in [0.5, 0.6) is 0 Å². The molecule has 1 atom stereocenters. The zero-order valence-electron chi connectivity index (χ0n) is 11.0. The standard InChI is InChI=1S/C14H20N2O.ClH/c1-3-10-6-5-7-11-8-9-16(13(10)11)14(17)12(15)4-2;/h5-7,12H,3-4,8-9,15H2,1-2H3;1H/t12-;/m0./s1. The lowest BCUT2D eigenvalue weighted by Crippen LogP contribution is -2.43. The quantitative estimate of drug-likeness (QED) is 0.914. The Morgan fingerprint density at radius 3 is 2.78 bits per heavy atom. The van der Waals surface area contributed by atoms with Gasteiger partial charge in [-0.1, -0.05) is 32.0 Å². The molecule has 1 aliphatic rings. The van der Waals surface area contributed by atoms with E-state index in [-0.39, 0.29) is 24.4 Å². The molecule has 1 aromatic carbocycles. The number of halogens is 1. The van der Waals surface area contributed by atoms with Crippen LogP contribution in [-0.2, 0) is 17.6 Å². The summed E-state index contributed by atoms with van der Waals surface area (Å²) < 4.78 is 0. The van der Waals surface area contributed by atoms with E-state index in [0.717, 1.165) is 25.1 Å². The lowest BCUT2D eigenvalue weighted by Gasteiger charge is -2.22. The van der Waals surface area contributed by atoms with Crippen molar-refractivity contribution in [3.8, 4) is 0 Å². The summed E-state index contributed by atoms with van der Waals surface area (Å²) in [7, 11) is 0. The summed E-state index contributed by atoms with van der Waals surface area (Å²) in [4.78, 5) is 14.1. The Morgan fingerprint density at radius 2 is 2.17 bits per heavy atom. The number of amides is 1. The first-order chi connectivity index (χ1) is 8.19. The molecule has 1 aromatic rings. The second-order valence-corrected chi connectivity index (χ2v) is 4.53. The molecule has 0 aromatic heterocycles. The SMILES string of the molecule is CCc1cccc2c1N(C(=O)[C@@H](N)CC)CC2.Cl. The summed E-state index contributed by atoms with van der Waals surface area (Å²) in [6.07, 6.45) is 2.60. The maximum Gasteiger partial charge on any atom is 0.243 e. The highest BCUT2D eigenvalue weighted by Gasteiger charge is 2.28. The maximum absolute atomic E-state index is 12.2. The van der Waals surface area contributed by atoms with Crippen LogP contribution in [0.3, 0.4) is 0 Å². The van der Waals surface area contributed by atoms with E-state index in [1.165, 1.54) is 11.1 Å². The van der Waals surface area contributed by atoms with Crippen LogP contribution < -0.4 is 10.6 Å². The highest BCUT2D eigenvalue weighted by Crippen LogP contribution is 2.32. The first-order valence-electron chi connectivity index (χ1n) is 6.36. The van der Waals surface area contributed by atoms with Gasteiger partial charge in [0, 0.05) is 6.54 Å². The van der Waals surface area contributed by atoms with Gasteiger partial charge in [0.05, 0.1) is 11.7 Å². The average Bonchev–Trinajstić information content (AvgIpc) is 2.80. The second kappa shape index (κ2) is 6.21. The van der Waals surface area contributed by atoms with Crippen LogP contribution in [0.4, 0.5) is 5.69 Å². The van der Waals surface area contributed by atoms with Gasteiger partial charge in [0.25, 0.3) is 0 Å². The lowest BCUT2D eigenvalue weighted by molar-refractivity contribution is -0.119. The number of benzene rings is 1. The van der Waals surface area contributed by atoms with Crippen molar-refractivity contribution in [2.75, 3.05) is 11.4 Å². The van der Waals surface area contributed by atoms with Gasteiger partial charge in [-0.15, -0.1) is 12.4 Å². The van der Waals surface area contributed by atoms with E-state index in [4.69, 9.17) is 5.73 Å². The molecule has 0 aliphatic carbocycles. The van der Waals surface area contributed by atoms with Crippen molar-refractivity contribution in [1.29, 1.82) is 0 Å². The fourth-order valence-electron chi connectivity index (χ4n) is 2.42. The second-order valence-electron chi connectivity index (χ2n) is 4.53. The molecule has 18 heavy (non-hydrogen) atoms. The molecule has 1 amide bonds. The van der Waals surface area contributed by atoms with Gasteiger partial charge in [0.1, 0.15) is 0 Å². The maximum atomic E-state index is 12.2. The molecule has 0 saturated heterocycles. The van der Waals surface area contributed by atoms with E-state index >= 15 is 0 Å². The molecule has 2 N–H and O–H groups in total. The molecule has 1 aliphatic heterocycles. The Kier molecular flexibility index (Phi) is 5.17. The Balaban J connectivity index is 0.00000162. The van der Waals surface area contributed by atoms with Crippen LogP contribution in [0.2, 0.25) is 0 Å². The summed E-state index contributed by atoms with van der Waals surface area (Å²) >= 11 is 0. The largest absolute Gasteiger partial charge is 0.320 e. The normalized spacial score (nSPS) is 14.9. The van der Waals surface area contributed by atoms with E-state index in [9.17, 15) is 4.79 Å². The molecule has 0 fully saturated rings. The van der Waals surface area contributed by atoms with Crippen molar-refractivity contribution in [3.05, 3.63) is 29.3 Å². The highest BCUT2D eigenvalue weighted by molar-refractivity contribution is 5.99. The number of para-hydroxylation sites is 1. The summed E-state index contributed by atoms with van der Waals surface area (Å²) in [5, 5.41) is 0. The van der Waals surface area contributed by atoms with Crippen LogP contribution in [-0.4, -0.2) is 18.5 Å². The molecule has 0 unspecified atom stereocenters. The van der Waals surface area contributed by atoms with Crippen molar-refractivity contribution < 1.29 is 4.79 Å². The smallest absolute Gasteiger partial charge is 0.243 e. The number of hydrogen-bond acceptors (Lipinski definition) is 2. The van der Waals surface area contributed by atoms with Crippen molar-refractivity contribution in [3.63, 3.8) is 0 Å². The summed E-state index contributed by atoms with van der Waals surface area (Å²) in [5.74, 6) is 0.0622. The first kappa shape index (κ1) is 15.0. The Bertz CT molecular complexity index is 434. The number of anilines is 1. The summed E-state index contributed by atoms with van der Waals surface area (Å²) in [6.45, 7) is 4.85. The Labute approximate surface area is 115 Å². The van der Waals surface area contributed by atoms with Gasteiger partial charge in [0.15, 0.2) is 0 Å². The molecule has 0 saturated carbocycles. The van der Waals surface area contributed by atoms with E-state index < -0.39 is 0 Å². The number of rotatable bonds is 3. The third-order valence-corrected chi connectivity index (χ3v) is 3.48. The van der Waals surface area contributed by atoms with E-state index in [2.05, 4.69) is 25.1 Å². The summed E-state index contributed by atoms with van der Waals surface area (Å²) in [6, 6.07) is 5.91. The number of aryl methyl sites for hydroxylation is 1. The number of nitrogens with zero attached hydrogens (tertiary/aromatic N) is 1. The molecule has 0 radical (unpaired) electrons. The van der Waals surface area contributed by atoms with Gasteiger partial charge < -0.3 is 10.6 Å². The predicted octanol–water partition coefficient (Wildman–Crippen LogP) is 2.30. The lowest BCUT2D eigenvalue weighted by atomic mass is 10.1. The third-order valence-electron chi connectivity index (χ3n) is 3.48. The highest BCUT2D eigenvalue weighted by atomic mass is 35.5. The molecule has 1 heterocycles. The summed E-state index contributed by atoms with van der Waals surface area (Å²) in [5.41, 5.74) is 9.49. The van der Waals surface area contributed by atoms with Gasteiger partial charge >= 0.3 is 0 Å². The number of fused-ring (bicyclic) bond motifs is 1. The van der Waals surface area contributed by atoms with Crippen LogP contribution >= 0.6 is 12.4 Å². The molecule has 3 nitrogen and oxygen atoms in total. The minimum atomic E-state index is -0.370. The molecule has 100 valence electrons. The molecule has 2 rings (SSSR count). The molecular weight excluding hydrogens is 248 g/mol. The van der Waals surface area contributed by atoms with Gasteiger partial charge in [-0.25, -0.2) is 0 Å². The van der Waals surface area contributed by atoms with Crippen molar-refractivity contribution in [2.24, 2.45) is 5.73 Å². The van der Waals surface area contributed by atoms with E-state index in [1.54, 1.807) is 0 Å². The fourth-order valence-corrected chi connectivity index (χ4v) is 2.42. The number of carbonyl (C=O) groups excluding carboxylic acids is 1. The van der Waals surface area contributed by atoms with E-state index in [0.29, 0.717) is 6.42 Å². The van der Waals surface area contributed by atoms with Crippen molar-refractivity contribution >= 4 is 24.0 Å². The van der Waals surface area contributed by atoms with Gasteiger partial charge in [-0.05, 0) is 30.4 Å². The number of hydrogen-bond donors (Lipinski definition) is 1. The number of nitrogens with two attached hydrogens (primary N) is 1. The van der Waals surface area contributed by atoms with Crippen molar-refractivity contribution in [2.45, 2.75) is 39.2 Å². The Morgan fingerprint density at radius 1 is 1.44 bits per heavy atom. The van der Waals surface area contributed by atoms with Gasteiger partial charge in [-0.2, -0.15) is 0 Å². The van der Waals surface area contributed by atoms with Gasteiger partial charge in [-0.3, -0.25) is 4.79 Å². The average molecular weight is 269 g/mol. The molecule has 0 spiro atoms. The minimum Gasteiger partial charge on any atom is -0.320 e. The minimum absolute atomic E-state index is 0.